The van der Waals surface area contributed by atoms with Crippen LogP contribution in [0.25, 0.3) is 0 Å². The fraction of sp³-hybridized carbons (Fsp3) is 0.632. The molecule has 0 aliphatic carbocycles. The van der Waals surface area contributed by atoms with Gasteiger partial charge in [-0.3, -0.25) is 28.8 Å². The lowest BCUT2D eigenvalue weighted by Crippen LogP contribution is -2.57. The van der Waals surface area contributed by atoms with Crippen molar-refractivity contribution in [1.82, 2.24) is 16.0 Å². The van der Waals surface area contributed by atoms with E-state index in [0.717, 1.165) is 0 Å². The number of carbonyl (C=O) groups excluding carboxylic acids is 4. The lowest BCUT2D eigenvalue weighted by molar-refractivity contribution is -0.143. The average molecular weight is 522 g/mol. The Bertz CT molecular complexity index is 809. The molecule has 15 nitrogen and oxygen atoms in total. The first kappa shape index (κ1) is 31.6. The molecule has 0 aromatic heterocycles. The first-order valence-electron chi connectivity index (χ1n) is 10.4. The van der Waals surface area contributed by atoms with Gasteiger partial charge in [0.1, 0.15) is 18.1 Å². The van der Waals surface area contributed by atoms with Crippen LogP contribution in [0.2, 0.25) is 0 Å². The highest BCUT2D eigenvalue weighted by atomic mass is 32.2. The Morgan fingerprint density at radius 3 is 1.71 bits per heavy atom. The summed E-state index contributed by atoms with van der Waals surface area (Å²) < 4.78 is 0. The number of rotatable bonds is 18. The molecule has 0 aromatic carbocycles. The quantitative estimate of drug-likeness (QED) is 0.0909. The minimum atomic E-state index is -1.61. The largest absolute Gasteiger partial charge is 0.481 e. The Morgan fingerprint density at radius 1 is 0.743 bits per heavy atom. The van der Waals surface area contributed by atoms with Crippen molar-refractivity contribution >= 4 is 53.3 Å². The molecule has 35 heavy (non-hydrogen) atoms. The summed E-state index contributed by atoms with van der Waals surface area (Å²) >= 11 is 1.34. The number of primary amides is 1. The predicted octanol–water partition coefficient (Wildman–Crippen LogP) is -2.79. The van der Waals surface area contributed by atoms with Crippen LogP contribution in [0.3, 0.4) is 0 Å². The molecule has 0 radical (unpaired) electrons. The number of amides is 4. The van der Waals surface area contributed by atoms with Crippen molar-refractivity contribution in [2.24, 2.45) is 11.5 Å². The van der Waals surface area contributed by atoms with E-state index in [4.69, 9.17) is 21.7 Å². The zero-order valence-corrected chi connectivity index (χ0v) is 19.8. The van der Waals surface area contributed by atoms with Crippen LogP contribution in [-0.4, -0.2) is 93.0 Å². The van der Waals surface area contributed by atoms with Gasteiger partial charge in [-0.1, -0.05) is 0 Å². The van der Waals surface area contributed by atoms with Gasteiger partial charge in [-0.2, -0.15) is 11.8 Å². The molecule has 0 bridgehead atoms. The van der Waals surface area contributed by atoms with Crippen molar-refractivity contribution in [3.63, 3.8) is 0 Å². The molecular formula is C19H31N5O10S. The maximum atomic E-state index is 12.7. The van der Waals surface area contributed by atoms with Gasteiger partial charge in [0.05, 0.1) is 12.5 Å². The second kappa shape index (κ2) is 16.3. The van der Waals surface area contributed by atoms with Crippen LogP contribution in [0.1, 0.15) is 38.5 Å². The summed E-state index contributed by atoms with van der Waals surface area (Å²) in [5.74, 6) is -7.44. The minimum Gasteiger partial charge on any atom is -0.481 e. The van der Waals surface area contributed by atoms with E-state index in [1.165, 1.54) is 11.8 Å². The summed E-state index contributed by atoms with van der Waals surface area (Å²) in [7, 11) is 0. The van der Waals surface area contributed by atoms with Crippen LogP contribution >= 0.6 is 11.8 Å². The fourth-order valence-corrected chi connectivity index (χ4v) is 3.15. The van der Waals surface area contributed by atoms with Gasteiger partial charge in [0.2, 0.25) is 23.6 Å². The average Bonchev–Trinajstić information content (AvgIpc) is 2.75. The number of hydrogen-bond donors (Lipinski definition) is 8. The molecule has 0 spiro atoms. The molecule has 0 aliphatic heterocycles. The van der Waals surface area contributed by atoms with E-state index in [0.29, 0.717) is 5.75 Å². The zero-order chi connectivity index (χ0) is 27.1. The molecule has 0 aliphatic rings. The molecule has 16 heteroatoms. The fourth-order valence-electron chi connectivity index (χ4n) is 2.67. The van der Waals surface area contributed by atoms with Crippen molar-refractivity contribution in [3.05, 3.63) is 0 Å². The van der Waals surface area contributed by atoms with Crippen LogP contribution in [0.4, 0.5) is 0 Å². The highest BCUT2D eigenvalue weighted by molar-refractivity contribution is 7.98. The Kier molecular flexibility index (Phi) is 14.7. The number of aliphatic carboxylic acids is 3. The van der Waals surface area contributed by atoms with Crippen LogP contribution in [-0.2, 0) is 33.6 Å². The lowest BCUT2D eigenvalue weighted by atomic mass is 10.1. The van der Waals surface area contributed by atoms with Crippen LogP contribution in [0.15, 0.2) is 0 Å². The number of nitrogens with one attached hydrogen (secondary N) is 3. The Balaban J connectivity index is 5.54. The van der Waals surface area contributed by atoms with Crippen molar-refractivity contribution in [1.29, 1.82) is 0 Å². The molecule has 4 atom stereocenters. The van der Waals surface area contributed by atoms with Crippen molar-refractivity contribution in [2.45, 2.75) is 62.7 Å². The summed E-state index contributed by atoms with van der Waals surface area (Å²) in [6, 6.07) is -5.74. The Hall–Kier alpha value is -3.40. The van der Waals surface area contributed by atoms with E-state index in [1.54, 1.807) is 6.26 Å². The SMILES string of the molecule is CSCCC(NC(=O)C(CCC(=O)O)NC(=O)C(CC(N)=O)NC(=O)C(N)CCC(=O)O)C(=O)O. The van der Waals surface area contributed by atoms with Gasteiger partial charge < -0.3 is 42.7 Å². The number of carbonyl (C=O) groups is 7. The zero-order valence-electron chi connectivity index (χ0n) is 19.0. The van der Waals surface area contributed by atoms with Gasteiger partial charge >= 0.3 is 17.9 Å². The van der Waals surface area contributed by atoms with Crippen molar-refractivity contribution in [3.8, 4) is 0 Å². The summed E-state index contributed by atoms with van der Waals surface area (Å²) in [6.45, 7) is 0. The monoisotopic (exact) mass is 521 g/mol. The van der Waals surface area contributed by atoms with Crippen molar-refractivity contribution in [2.75, 3.05) is 12.0 Å². The number of carboxylic acid groups (broad SMARTS) is 3. The molecule has 0 fully saturated rings. The number of nitrogens with two attached hydrogens (primary N) is 2. The van der Waals surface area contributed by atoms with Gasteiger partial charge in [-0.15, -0.1) is 0 Å². The van der Waals surface area contributed by atoms with Gasteiger partial charge in [-0.25, -0.2) is 4.79 Å². The van der Waals surface area contributed by atoms with Crippen LogP contribution < -0.4 is 27.4 Å². The molecule has 198 valence electrons. The second-order valence-electron chi connectivity index (χ2n) is 7.44. The summed E-state index contributed by atoms with van der Waals surface area (Å²) in [5.41, 5.74) is 10.7. The standard InChI is InChI=1S/C19H31N5O10S/c1-35-7-6-11(19(33)34)23-17(31)10(3-5-15(28)29)22-18(32)12(8-13(21)25)24-16(30)9(20)2-4-14(26)27/h9-12H,2-8,20H2,1H3,(H2,21,25)(H,22,32)(H,23,31)(H,24,30)(H,26,27)(H,28,29)(H,33,34). The third-order valence-electron chi connectivity index (χ3n) is 4.55. The van der Waals surface area contributed by atoms with E-state index >= 15 is 0 Å². The molecule has 0 heterocycles. The van der Waals surface area contributed by atoms with E-state index in [1.807, 2.05) is 0 Å². The van der Waals surface area contributed by atoms with Gasteiger partial charge in [0, 0.05) is 12.8 Å². The van der Waals surface area contributed by atoms with E-state index < -0.39 is 91.4 Å². The highest BCUT2D eigenvalue weighted by Gasteiger charge is 2.31. The smallest absolute Gasteiger partial charge is 0.326 e. The first-order valence-corrected chi connectivity index (χ1v) is 11.8. The van der Waals surface area contributed by atoms with Crippen LogP contribution in [0.5, 0.6) is 0 Å². The van der Waals surface area contributed by atoms with Gasteiger partial charge in [0.25, 0.3) is 0 Å². The molecule has 0 saturated heterocycles. The number of carboxylic acids is 3. The predicted molar refractivity (Wildman–Crippen MR) is 122 cm³/mol. The second-order valence-corrected chi connectivity index (χ2v) is 8.43. The maximum absolute atomic E-state index is 12.7. The maximum Gasteiger partial charge on any atom is 0.326 e. The molecular weight excluding hydrogens is 490 g/mol. The van der Waals surface area contributed by atoms with E-state index in [9.17, 15) is 38.7 Å². The first-order chi connectivity index (χ1) is 16.3. The molecule has 10 N–H and O–H groups in total. The molecule has 4 amide bonds. The topological polar surface area (TPSA) is 268 Å². The Morgan fingerprint density at radius 2 is 1.23 bits per heavy atom. The summed E-state index contributed by atoms with van der Waals surface area (Å²) in [5, 5.41) is 33.5. The van der Waals surface area contributed by atoms with Crippen molar-refractivity contribution < 1.29 is 48.9 Å². The Labute approximate surface area is 204 Å². The third-order valence-corrected chi connectivity index (χ3v) is 5.19. The van der Waals surface area contributed by atoms with E-state index in [2.05, 4.69) is 16.0 Å². The normalized spacial score (nSPS) is 14.0. The van der Waals surface area contributed by atoms with Gasteiger partial charge in [0.15, 0.2) is 0 Å². The minimum absolute atomic E-state index is 0.0659. The molecule has 0 saturated carbocycles. The lowest BCUT2D eigenvalue weighted by Gasteiger charge is -2.24. The molecule has 0 aromatic rings. The summed E-state index contributed by atoms with van der Waals surface area (Å²) in [6.07, 6.45) is -0.580. The van der Waals surface area contributed by atoms with Gasteiger partial charge in [-0.05, 0) is 31.3 Å². The number of thioether (sulfide) groups is 1. The summed E-state index contributed by atoms with van der Waals surface area (Å²) in [4.78, 5) is 82.0. The molecule has 4 unspecified atom stereocenters. The molecule has 0 rings (SSSR count). The number of hydrogen-bond acceptors (Lipinski definition) is 9. The highest BCUT2D eigenvalue weighted by Crippen LogP contribution is 2.06. The van der Waals surface area contributed by atoms with Crippen LogP contribution in [0, 0.1) is 0 Å². The third kappa shape index (κ3) is 13.8. The van der Waals surface area contributed by atoms with E-state index in [-0.39, 0.29) is 12.8 Å².